The van der Waals surface area contributed by atoms with Crippen LogP contribution in [0.5, 0.6) is 0 Å². The number of nitrogens with one attached hydrogen (secondary N) is 1. The van der Waals surface area contributed by atoms with E-state index in [0.717, 1.165) is 22.4 Å². The third-order valence-electron chi connectivity index (χ3n) is 4.74. The minimum absolute atomic E-state index is 0.0979. The molecule has 0 saturated carbocycles. The molecule has 0 unspecified atom stereocenters. The predicted octanol–water partition coefficient (Wildman–Crippen LogP) is 3.29. The Morgan fingerprint density at radius 1 is 1.23 bits per heavy atom. The van der Waals surface area contributed by atoms with Crippen molar-refractivity contribution in [2.24, 2.45) is 0 Å². The number of benzene rings is 1. The summed E-state index contributed by atoms with van der Waals surface area (Å²) in [4.78, 5) is 27.6. The van der Waals surface area contributed by atoms with E-state index in [4.69, 9.17) is 5.21 Å². The van der Waals surface area contributed by atoms with Gasteiger partial charge in [-0.25, -0.2) is 5.48 Å². The molecular weight excluding hydrogens is 348 g/mol. The molecule has 1 aliphatic heterocycles. The van der Waals surface area contributed by atoms with Gasteiger partial charge in [-0.2, -0.15) is 0 Å². The molecule has 2 N–H and O–H groups in total. The minimum Gasteiger partial charge on any atom is -0.337 e. The Kier molecular flexibility index (Phi) is 5.16. The molecule has 0 bridgehead atoms. The van der Waals surface area contributed by atoms with Gasteiger partial charge in [0.2, 0.25) is 5.91 Å². The van der Waals surface area contributed by atoms with Crippen LogP contribution in [0.2, 0.25) is 0 Å². The molecule has 3 rings (SSSR count). The second-order valence-corrected chi connectivity index (χ2v) is 8.83. The predicted molar refractivity (Wildman–Crippen MR) is 102 cm³/mol. The molecule has 1 aliphatic rings. The van der Waals surface area contributed by atoms with E-state index in [1.165, 1.54) is 16.9 Å². The van der Waals surface area contributed by atoms with Crippen molar-refractivity contribution in [1.29, 1.82) is 0 Å². The summed E-state index contributed by atoms with van der Waals surface area (Å²) in [5.74, 6) is -0.401. The highest BCUT2D eigenvalue weighted by atomic mass is 32.1. The normalized spacial score (nSPS) is 14.1. The lowest BCUT2D eigenvalue weighted by Crippen LogP contribution is -2.36. The van der Waals surface area contributed by atoms with Crippen molar-refractivity contribution in [3.63, 3.8) is 0 Å². The Morgan fingerprint density at radius 3 is 2.54 bits per heavy atom. The minimum atomic E-state index is -0.499. The molecule has 1 aromatic heterocycles. The highest BCUT2D eigenvalue weighted by Gasteiger charge is 2.24. The molecule has 2 aromatic rings. The first kappa shape index (κ1) is 18.6. The average Bonchev–Trinajstić information content (AvgIpc) is 3.04. The van der Waals surface area contributed by atoms with E-state index in [-0.39, 0.29) is 11.3 Å². The van der Waals surface area contributed by atoms with Gasteiger partial charge in [0.1, 0.15) is 0 Å². The van der Waals surface area contributed by atoms with E-state index in [2.05, 4.69) is 32.9 Å². The molecule has 1 aromatic carbocycles. The Balaban J connectivity index is 1.66. The number of hydrogen-bond donors (Lipinski definition) is 2. The zero-order chi connectivity index (χ0) is 18.9. The van der Waals surface area contributed by atoms with Crippen LogP contribution in [0.4, 0.5) is 0 Å². The molecule has 0 radical (unpaired) electrons. The number of nitrogens with zero attached hydrogens (tertiary/aromatic N) is 1. The van der Waals surface area contributed by atoms with Crippen LogP contribution < -0.4 is 5.48 Å². The van der Waals surface area contributed by atoms with Crippen molar-refractivity contribution in [3.8, 4) is 0 Å². The van der Waals surface area contributed by atoms with Gasteiger partial charge >= 0.3 is 0 Å². The molecule has 2 heterocycles. The van der Waals surface area contributed by atoms with Crippen molar-refractivity contribution in [2.45, 2.75) is 45.6 Å². The van der Waals surface area contributed by atoms with Crippen molar-refractivity contribution in [3.05, 3.63) is 56.8 Å². The summed E-state index contributed by atoms with van der Waals surface area (Å²) in [6, 6.07) is 10.1. The largest absolute Gasteiger partial charge is 0.337 e. The van der Waals surface area contributed by atoms with E-state index in [0.29, 0.717) is 24.4 Å². The van der Waals surface area contributed by atoms with Crippen LogP contribution in [0.25, 0.3) is 0 Å². The highest BCUT2D eigenvalue weighted by molar-refractivity contribution is 7.14. The lowest BCUT2D eigenvalue weighted by molar-refractivity contribution is -0.131. The van der Waals surface area contributed by atoms with Crippen molar-refractivity contribution >= 4 is 23.2 Å². The van der Waals surface area contributed by atoms with Gasteiger partial charge in [0, 0.05) is 11.4 Å². The maximum atomic E-state index is 12.7. The Hall–Kier alpha value is -2.18. The quantitative estimate of drug-likeness (QED) is 0.642. The zero-order valence-electron chi connectivity index (χ0n) is 15.3. The first-order valence-electron chi connectivity index (χ1n) is 8.71. The fraction of sp³-hybridized carbons (Fsp3) is 0.400. The molecule has 0 spiro atoms. The van der Waals surface area contributed by atoms with E-state index in [1.807, 2.05) is 17.0 Å². The molecule has 26 heavy (non-hydrogen) atoms. The Labute approximate surface area is 157 Å². The van der Waals surface area contributed by atoms with Crippen LogP contribution in [0.1, 0.15) is 52.0 Å². The third-order valence-corrected chi connectivity index (χ3v) is 5.90. The summed E-state index contributed by atoms with van der Waals surface area (Å²) in [6.07, 6.45) is 1.12. The number of hydrogen-bond acceptors (Lipinski definition) is 4. The van der Waals surface area contributed by atoms with Crippen molar-refractivity contribution in [2.75, 3.05) is 6.54 Å². The van der Waals surface area contributed by atoms with Crippen molar-refractivity contribution < 1.29 is 14.8 Å². The average molecular weight is 372 g/mol. The molecule has 0 saturated heterocycles. The first-order valence-corrected chi connectivity index (χ1v) is 9.53. The Bertz CT molecular complexity index is 819. The molecule has 2 amide bonds. The van der Waals surface area contributed by atoms with E-state index >= 15 is 0 Å². The molecule has 5 nitrogen and oxygen atoms in total. The molecule has 0 fully saturated rings. The lowest BCUT2D eigenvalue weighted by Gasteiger charge is -2.27. The van der Waals surface area contributed by atoms with Gasteiger partial charge in [0.05, 0.1) is 17.8 Å². The molecule has 0 atom stereocenters. The number of hydroxylamine groups is 1. The lowest BCUT2D eigenvalue weighted by atomic mass is 9.86. The van der Waals surface area contributed by atoms with Crippen molar-refractivity contribution in [1.82, 2.24) is 10.4 Å². The van der Waals surface area contributed by atoms with Gasteiger partial charge in [-0.15, -0.1) is 11.3 Å². The molecule has 0 aliphatic carbocycles. The van der Waals surface area contributed by atoms with Crippen LogP contribution in [0.3, 0.4) is 0 Å². The Morgan fingerprint density at radius 2 is 1.92 bits per heavy atom. The molecule has 6 heteroatoms. The van der Waals surface area contributed by atoms with Crippen LogP contribution in [-0.4, -0.2) is 28.5 Å². The SMILES string of the molecule is CC(C)(C)c1ccc(CC(=O)N2CCc3cc(C(=O)NO)sc3C2)cc1. The van der Waals surface area contributed by atoms with Crippen LogP contribution in [0, 0.1) is 0 Å². The van der Waals surface area contributed by atoms with Gasteiger partial charge in [-0.3, -0.25) is 14.8 Å². The number of thiophene rings is 1. The smallest absolute Gasteiger partial charge is 0.284 e. The topological polar surface area (TPSA) is 69.6 Å². The van der Waals surface area contributed by atoms with Crippen LogP contribution in [-0.2, 0) is 29.6 Å². The number of fused-ring (bicyclic) bond motifs is 1. The second-order valence-electron chi connectivity index (χ2n) is 7.69. The molecular formula is C20H24N2O3S. The van der Waals surface area contributed by atoms with Gasteiger partial charge in [-0.05, 0) is 34.6 Å². The number of carbonyl (C=O) groups excluding carboxylic acids is 2. The van der Waals surface area contributed by atoms with Gasteiger partial charge in [-0.1, -0.05) is 45.0 Å². The van der Waals surface area contributed by atoms with E-state index in [1.54, 1.807) is 11.5 Å². The summed E-state index contributed by atoms with van der Waals surface area (Å²) in [7, 11) is 0. The fourth-order valence-corrected chi connectivity index (χ4v) is 4.23. The summed E-state index contributed by atoms with van der Waals surface area (Å²) in [5, 5.41) is 8.77. The standard InChI is InChI=1S/C20H24N2O3S/c1-20(2,3)15-6-4-13(5-7-15)10-18(23)22-9-8-14-11-16(19(24)21-25)26-17(14)12-22/h4-7,11,25H,8-10,12H2,1-3H3,(H,21,24). The number of rotatable bonds is 3. The second kappa shape index (κ2) is 7.21. The summed E-state index contributed by atoms with van der Waals surface area (Å²) in [6.45, 7) is 7.70. The van der Waals surface area contributed by atoms with Crippen LogP contribution >= 0.6 is 11.3 Å². The summed E-state index contributed by atoms with van der Waals surface area (Å²) < 4.78 is 0. The monoisotopic (exact) mass is 372 g/mol. The molecule has 138 valence electrons. The highest BCUT2D eigenvalue weighted by Crippen LogP contribution is 2.29. The van der Waals surface area contributed by atoms with E-state index < -0.39 is 5.91 Å². The van der Waals surface area contributed by atoms with Gasteiger partial charge in [0.15, 0.2) is 0 Å². The van der Waals surface area contributed by atoms with Gasteiger partial charge in [0.25, 0.3) is 5.91 Å². The van der Waals surface area contributed by atoms with Gasteiger partial charge < -0.3 is 4.90 Å². The van der Waals surface area contributed by atoms with E-state index in [9.17, 15) is 9.59 Å². The zero-order valence-corrected chi connectivity index (χ0v) is 16.2. The third kappa shape index (κ3) is 3.97. The van der Waals surface area contributed by atoms with Crippen LogP contribution in [0.15, 0.2) is 30.3 Å². The summed E-state index contributed by atoms with van der Waals surface area (Å²) in [5.41, 5.74) is 5.12. The first-order chi connectivity index (χ1) is 12.3. The maximum Gasteiger partial charge on any atom is 0.284 e. The maximum absolute atomic E-state index is 12.7. The fourth-order valence-electron chi connectivity index (χ4n) is 3.11. The number of amides is 2. The summed E-state index contributed by atoms with van der Waals surface area (Å²) >= 11 is 1.33. The number of carbonyl (C=O) groups is 2.